The average molecular weight is 292 g/mol. The number of hydrogen-bond donors (Lipinski definition) is 3. The molecule has 1 aromatic rings. The van der Waals surface area contributed by atoms with Crippen molar-refractivity contribution < 1.29 is 14.7 Å². The number of carboxylic acid groups (broad SMARTS) is 1. The van der Waals surface area contributed by atoms with Crippen LogP contribution in [-0.4, -0.2) is 23.5 Å². The van der Waals surface area contributed by atoms with Gasteiger partial charge in [0.05, 0.1) is 5.56 Å². The van der Waals surface area contributed by atoms with Crippen molar-refractivity contribution in [2.24, 2.45) is 11.7 Å². The van der Waals surface area contributed by atoms with Gasteiger partial charge < -0.3 is 16.2 Å². The minimum atomic E-state index is -0.948. The summed E-state index contributed by atoms with van der Waals surface area (Å²) in [6.07, 6.45) is 3.37. The van der Waals surface area contributed by atoms with Gasteiger partial charge in [-0.15, -0.1) is 0 Å². The predicted octanol–water partition coefficient (Wildman–Crippen LogP) is 2.16. The van der Waals surface area contributed by atoms with Crippen LogP contribution in [0.15, 0.2) is 24.3 Å². The van der Waals surface area contributed by atoms with Crippen molar-refractivity contribution in [1.29, 1.82) is 0 Å². The molecule has 5 nitrogen and oxygen atoms in total. The molecule has 1 atom stereocenters. The first kappa shape index (κ1) is 17.2. The van der Waals surface area contributed by atoms with E-state index in [1.54, 1.807) is 12.1 Å². The van der Waals surface area contributed by atoms with E-state index >= 15 is 0 Å². The highest BCUT2D eigenvalue weighted by Gasteiger charge is 2.09. The van der Waals surface area contributed by atoms with Gasteiger partial charge in [-0.25, -0.2) is 4.79 Å². The fourth-order valence-electron chi connectivity index (χ4n) is 2.18. The second-order valence-corrected chi connectivity index (χ2v) is 5.17. The molecule has 0 fully saturated rings. The topological polar surface area (TPSA) is 92.4 Å². The number of hydrogen-bond acceptors (Lipinski definition) is 3. The van der Waals surface area contributed by atoms with Gasteiger partial charge in [-0.3, -0.25) is 4.79 Å². The van der Waals surface area contributed by atoms with E-state index in [-0.39, 0.29) is 11.5 Å². The Labute approximate surface area is 125 Å². The first-order chi connectivity index (χ1) is 10.1. The Morgan fingerprint density at radius 1 is 1.24 bits per heavy atom. The third-order valence-corrected chi connectivity index (χ3v) is 3.62. The number of carbonyl (C=O) groups excluding carboxylic acids is 1. The predicted molar refractivity (Wildman–Crippen MR) is 81.9 cm³/mol. The summed E-state index contributed by atoms with van der Waals surface area (Å²) in [5.41, 5.74) is 6.68. The summed E-state index contributed by atoms with van der Waals surface area (Å²) >= 11 is 0. The standard InChI is InChI=1S/C16H24N2O3/c1-2-12(9-10-17)5-8-15(19)18-11-13-3-6-14(7-4-13)16(20)21/h3-4,6-7,12H,2,5,8-11,17H2,1H3,(H,18,19)(H,20,21). The molecular weight excluding hydrogens is 268 g/mol. The number of aromatic carboxylic acids is 1. The second-order valence-electron chi connectivity index (χ2n) is 5.17. The first-order valence-electron chi connectivity index (χ1n) is 7.35. The highest BCUT2D eigenvalue weighted by molar-refractivity contribution is 5.87. The quantitative estimate of drug-likeness (QED) is 0.650. The lowest BCUT2D eigenvalue weighted by molar-refractivity contribution is -0.121. The van der Waals surface area contributed by atoms with Crippen molar-refractivity contribution in [3.05, 3.63) is 35.4 Å². The molecule has 0 saturated heterocycles. The summed E-state index contributed by atoms with van der Waals surface area (Å²) in [7, 11) is 0. The summed E-state index contributed by atoms with van der Waals surface area (Å²) in [6, 6.07) is 6.51. The summed E-state index contributed by atoms with van der Waals surface area (Å²) < 4.78 is 0. The van der Waals surface area contributed by atoms with Gasteiger partial charge in [0.1, 0.15) is 0 Å². The summed E-state index contributed by atoms with van der Waals surface area (Å²) in [6.45, 7) is 3.20. The number of nitrogens with one attached hydrogen (secondary N) is 1. The Kier molecular flexibility index (Phi) is 7.46. The second kappa shape index (κ2) is 9.13. The van der Waals surface area contributed by atoms with Crippen LogP contribution in [0.5, 0.6) is 0 Å². The van der Waals surface area contributed by atoms with Gasteiger partial charge in [-0.05, 0) is 43.0 Å². The molecule has 0 heterocycles. The lowest BCUT2D eigenvalue weighted by Crippen LogP contribution is -2.23. The fraction of sp³-hybridized carbons (Fsp3) is 0.500. The molecule has 0 radical (unpaired) electrons. The monoisotopic (exact) mass is 292 g/mol. The van der Waals surface area contributed by atoms with Crippen LogP contribution < -0.4 is 11.1 Å². The highest BCUT2D eigenvalue weighted by Crippen LogP contribution is 2.14. The number of carbonyl (C=O) groups is 2. The van der Waals surface area contributed by atoms with Gasteiger partial charge >= 0.3 is 5.97 Å². The van der Waals surface area contributed by atoms with E-state index in [1.165, 1.54) is 12.1 Å². The molecule has 0 bridgehead atoms. The van der Waals surface area contributed by atoms with Crippen LogP contribution in [0.3, 0.4) is 0 Å². The molecule has 21 heavy (non-hydrogen) atoms. The molecule has 1 rings (SSSR count). The minimum Gasteiger partial charge on any atom is -0.478 e. The van der Waals surface area contributed by atoms with Gasteiger partial charge in [0.2, 0.25) is 5.91 Å². The molecule has 0 aromatic heterocycles. The Morgan fingerprint density at radius 3 is 2.43 bits per heavy atom. The lowest BCUT2D eigenvalue weighted by Gasteiger charge is -2.13. The van der Waals surface area contributed by atoms with Gasteiger partial charge in [-0.1, -0.05) is 25.5 Å². The maximum Gasteiger partial charge on any atom is 0.335 e. The van der Waals surface area contributed by atoms with Crippen molar-refractivity contribution in [2.75, 3.05) is 6.54 Å². The Bertz CT molecular complexity index is 457. The van der Waals surface area contributed by atoms with Gasteiger partial charge in [-0.2, -0.15) is 0 Å². The normalized spacial score (nSPS) is 11.9. The van der Waals surface area contributed by atoms with E-state index in [2.05, 4.69) is 12.2 Å². The molecule has 0 saturated carbocycles. The van der Waals surface area contributed by atoms with Crippen LogP contribution in [0.2, 0.25) is 0 Å². The minimum absolute atomic E-state index is 0.0211. The molecule has 4 N–H and O–H groups in total. The Hall–Kier alpha value is -1.88. The number of rotatable bonds is 9. The molecule has 0 aliphatic heterocycles. The van der Waals surface area contributed by atoms with Crippen molar-refractivity contribution >= 4 is 11.9 Å². The zero-order valence-corrected chi connectivity index (χ0v) is 12.5. The maximum absolute atomic E-state index is 11.8. The summed E-state index contributed by atoms with van der Waals surface area (Å²) in [5, 5.41) is 11.7. The first-order valence-corrected chi connectivity index (χ1v) is 7.35. The van der Waals surface area contributed by atoms with Crippen molar-refractivity contribution in [1.82, 2.24) is 5.32 Å². The fourth-order valence-corrected chi connectivity index (χ4v) is 2.18. The van der Waals surface area contributed by atoms with Crippen LogP contribution in [0.25, 0.3) is 0 Å². The van der Waals surface area contributed by atoms with Crippen LogP contribution in [-0.2, 0) is 11.3 Å². The molecular formula is C16H24N2O3. The Balaban J connectivity index is 2.34. The van der Waals surface area contributed by atoms with E-state index in [0.29, 0.717) is 25.4 Å². The van der Waals surface area contributed by atoms with E-state index in [0.717, 1.165) is 24.8 Å². The van der Waals surface area contributed by atoms with E-state index in [1.807, 2.05) is 0 Å². The molecule has 0 spiro atoms. The largest absolute Gasteiger partial charge is 0.478 e. The molecule has 1 amide bonds. The van der Waals surface area contributed by atoms with Crippen molar-refractivity contribution in [2.45, 2.75) is 39.2 Å². The van der Waals surface area contributed by atoms with E-state index < -0.39 is 5.97 Å². The summed E-state index contributed by atoms with van der Waals surface area (Å²) in [4.78, 5) is 22.5. The number of amides is 1. The molecule has 116 valence electrons. The van der Waals surface area contributed by atoms with Crippen LogP contribution in [0.4, 0.5) is 0 Å². The van der Waals surface area contributed by atoms with Crippen LogP contribution in [0, 0.1) is 5.92 Å². The van der Waals surface area contributed by atoms with Crippen LogP contribution >= 0.6 is 0 Å². The summed E-state index contributed by atoms with van der Waals surface area (Å²) in [5.74, 6) is -0.417. The molecule has 0 aliphatic carbocycles. The van der Waals surface area contributed by atoms with Gasteiger partial charge in [0, 0.05) is 13.0 Å². The van der Waals surface area contributed by atoms with Gasteiger partial charge in [0.15, 0.2) is 0 Å². The molecule has 1 unspecified atom stereocenters. The molecule has 5 heteroatoms. The third kappa shape index (κ3) is 6.40. The van der Waals surface area contributed by atoms with Gasteiger partial charge in [0.25, 0.3) is 0 Å². The van der Waals surface area contributed by atoms with E-state index in [9.17, 15) is 9.59 Å². The maximum atomic E-state index is 11.8. The molecule has 1 aromatic carbocycles. The number of nitrogens with two attached hydrogens (primary N) is 1. The third-order valence-electron chi connectivity index (χ3n) is 3.62. The van der Waals surface area contributed by atoms with E-state index in [4.69, 9.17) is 10.8 Å². The zero-order valence-electron chi connectivity index (χ0n) is 12.5. The van der Waals surface area contributed by atoms with Crippen molar-refractivity contribution in [3.8, 4) is 0 Å². The number of benzene rings is 1. The Morgan fingerprint density at radius 2 is 1.90 bits per heavy atom. The molecule has 0 aliphatic rings. The SMILES string of the molecule is CCC(CCN)CCC(=O)NCc1ccc(C(=O)O)cc1. The highest BCUT2D eigenvalue weighted by atomic mass is 16.4. The van der Waals surface area contributed by atoms with Crippen molar-refractivity contribution in [3.63, 3.8) is 0 Å². The zero-order chi connectivity index (χ0) is 15.7. The lowest BCUT2D eigenvalue weighted by atomic mass is 9.96. The van der Waals surface area contributed by atoms with Crippen LogP contribution in [0.1, 0.15) is 48.5 Å². The smallest absolute Gasteiger partial charge is 0.335 e. The average Bonchev–Trinajstić information content (AvgIpc) is 2.49. The number of carboxylic acids is 1.